The monoisotopic (exact) mass is 314 g/mol. The third-order valence-corrected chi connectivity index (χ3v) is 3.75. The molecule has 96 valence electrons. The first-order chi connectivity index (χ1) is 8.50. The Balaban J connectivity index is 2.24. The molecule has 1 N–H and O–H groups in total. The van der Waals surface area contributed by atoms with Crippen molar-refractivity contribution < 1.29 is 14.0 Å². The molecule has 2 rings (SSSR count). The molecule has 1 aromatic rings. The number of imide groups is 1. The van der Waals surface area contributed by atoms with Crippen LogP contribution in [0.25, 0.3) is 0 Å². The Morgan fingerprint density at radius 1 is 1.50 bits per heavy atom. The fraction of sp³-hybridized carbons (Fsp3) is 0.333. The van der Waals surface area contributed by atoms with Crippen molar-refractivity contribution in [3.8, 4) is 0 Å². The molecule has 6 heteroatoms. The van der Waals surface area contributed by atoms with Crippen molar-refractivity contribution in [1.82, 2.24) is 10.2 Å². The van der Waals surface area contributed by atoms with Gasteiger partial charge in [-0.15, -0.1) is 0 Å². The molecule has 1 aliphatic heterocycles. The van der Waals surface area contributed by atoms with Gasteiger partial charge in [0.25, 0.3) is 0 Å². The fourth-order valence-electron chi connectivity index (χ4n) is 1.79. The molecular weight excluding hydrogens is 303 g/mol. The van der Waals surface area contributed by atoms with Crippen LogP contribution < -0.4 is 5.32 Å². The molecule has 0 aromatic heterocycles. The van der Waals surface area contributed by atoms with E-state index >= 15 is 0 Å². The molecule has 1 fully saturated rings. The predicted octanol–water partition coefficient (Wildman–Crippen LogP) is 1.44. The van der Waals surface area contributed by atoms with Crippen LogP contribution in [0.5, 0.6) is 0 Å². The van der Waals surface area contributed by atoms with E-state index in [0.717, 1.165) is 4.90 Å². The van der Waals surface area contributed by atoms with Crippen molar-refractivity contribution in [2.75, 3.05) is 6.54 Å². The molecule has 0 bridgehead atoms. The molecule has 4 nitrogen and oxygen atoms in total. The summed E-state index contributed by atoms with van der Waals surface area (Å²) in [6.45, 7) is 1.91. The van der Waals surface area contributed by atoms with E-state index in [2.05, 4.69) is 21.2 Å². The molecule has 18 heavy (non-hydrogen) atoms. The molecule has 2 amide bonds. The first-order valence-electron chi connectivity index (χ1n) is 5.51. The van der Waals surface area contributed by atoms with Gasteiger partial charge in [0.1, 0.15) is 5.82 Å². The second-order valence-corrected chi connectivity index (χ2v) is 4.93. The average molecular weight is 315 g/mol. The third-order valence-electron chi connectivity index (χ3n) is 2.86. The molecule has 1 heterocycles. The molecule has 0 aliphatic carbocycles. The molecular formula is C12H12BrFN2O2. The SMILES string of the molecule is CC1NCC(=O)N(Cc2cccc(F)c2Br)C1=O. The maximum atomic E-state index is 13.4. The molecule has 0 spiro atoms. The van der Waals surface area contributed by atoms with Crippen LogP contribution >= 0.6 is 15.9 Å². The van der Waals surface area contributed by atoms with Gasteiger partial charge in [0.2, 0.25) is 11.8 Å². The topological polar surface area (TPSA) is 49.4 Å². The highest BCUT2D eigenvalue weighted by atomic mass is 79.9. The van der Waals surface area contributed by atoms with Crippen LogP contribution in [0.2, 0.25) is 0 Å². The zero-order valence-electron chi connectivity index (χ0n) is 9.74. The second-order valence-electron chi connectivity index (χ2n) is 4.13. The van der Waals surface area contributed by atoms with Gasteiger partial charge in [0.05, 0.1) is 23.6 Å². The van der Waals surface area contributed by atoms with Gasteiger partial charge in [-0.05, 0) is 34.5 Å². The van der Waals surface area contributed by atoms with E-state index in [-0.39, 0.29) is 29.4 Å². The van der Waals surface area contributed by atoms with Crippen molar-refractivity contribution >= 4 is 27.7 Å². The zero-order chi connectivity index (χ0) is 13.3. The van der Waals surface area contributed by atoms with E-state index in [1.165, 1.54) is 6.07 Å². The van der Waals surface area contributed by atoms with Gasteiger partial charge in [-0.3, -0.25) is 19.8 Å². The number of carbonyl (C=O) groups excluding carboxylic acids is 2. The zero-order valence-corrected chi connectivity index (χ0v) is 11.3. The number of halogens is 2. The molecule has 0 radical (unpaired) electrons. The number of nitrogens with one attached hydrogen (secondary N) is 1. The number of benzene rings is 1. The number of hydrogen-bond acceptors (Lipinski definition) is 3. The number of rotatable bonds is 2. The maximum absolute atomic E-state index is 13.4. The Morgan fingerprint density at radius 3 is 2.94 bits per heavy atom. The highest BCUT2D eigenvalue weighted by Crippen LogP contribution is 2.22. The minimum Gasteiger partial charge on any atom is -0.298 e. The van der Waals surface area contributed by atoms with E-state index in [1.807, 2.05) is 0 Å². The van der Waals surface area contributed by atoms with Gasteiger partial charge in [-0.25, -0.2) is 4.39 Å². The van der Waals surface area contributed by atoms with Crippen molar-refractivity contribution in [1.29, 1.82) is 0 Å². The molecule has 1 aromatic carbocycles. The summed E-state index contributed by atoms with van der Waals surface area (Å²) in [6.07, 6.45) is 0. The van der Waals surface area contributed by atoms with Crippen molar-refractivity contribution in [3.05, 3.63) is 34.1 Å². The first-order valence-corrected chi connectivity index (χ1v) is 6.30. The summed E-state index contributed by atoms with van der Waals surface area (Å²) < 4.78 is 13.6. The Bertz CT molecular complexity index is 507. The molecule has 0 saturated carbocycles. The van der Waals surface area contributed by atoms with Crippen LogP contribution in [0.4, 0.5) is 4.39 Å². The summed E-state index contributed by atoms with van der Waals surface area (Å²) in [4.78, 5) is 24.7. The number of nitrogens with zero attached hydrogens (tertiary/aromatic N) is 1. The Hall–Kier alpha value is -1.27. The largest absolute Gasteiger partial charge is 0.298 e. The summed E-state index contributed by atoms with van der Waals surface area (Å²) in [5.74, 6) is -0.993. The van der Waals surface area contributed by atoms with Crippen LogP contribution in [0, 0.1) is 5.82 Å². The lowest BCUT2D eigenvalue weighted by molar-refractivity contribution is -0.149. The van der Waals surface area contributed by atoms with E-state index in [4.69, 9.17) is 0 Å². The Morgan fingerprint density at radius 2 is 2.22 bits per heavy atom. The van der Waals surface area contributed by atoms with E-state index in [1.54, 1.807) is 19.1 Å². The van der Waals surface area contributed by atoms with Crippen molar-refractivity contribution in [3.63, 3.8) is 0 Å². The Kier molecular flexibility index (Phi) is 3.77. The van der Waals surface area contributed by atoms with E-state index in [9.17, 15) is 14.0 Å². The van der Waals surface area contributed by atoms with E-state index < -0.39 is 11.9 Å². The van der Waals surface area contributed by atoms with Gasteiger partial charge in [0, 0.05) is 0 Å². The second kappa shape index (κ2) is 5.16. The van der Waals surface area contributed by atoms with Crippen LogP contribution in [-0.2, 0) is 16.1 Å². The minimum absolute atomic E-state index is 0.0853. The van der Waals surface area contributed by atoms with Gasteiger partial charge in [0.15, 0.2) is 0 Å². The molecule has 1 aliphatic rings. The lowest BCUT2D eigenvalue weighted by Gasteiger charge is -2.30. The van der Waals surface area contributed by atoms with Gasteiger partial charge >= 0.3 is 0 Å². The quantitative estimate of drug-likeness (QED) is 0.840. The Labute approximate surface area is 112 Å². The van der Waals surface area contributed by atoms with E-state index in [0.29, 0.717) is 5.56 Å². The van der Waals surface area contributed by atoms with Gasteiger partial charge < -0.3 is 0 Å². The fourth-order valence-corrected chi connectivity index (χ4v) is 2.18. The third kappa shape index (κ3) is 2.44. The number of hydrogen-bond donors (Lipinski definition) is 1. The average Bonchev–Trinajstić information content (AvgIpc) is 2.35. The number of amides is 2. The molecule has 1 unspecified atom stereocenters. The summed E-state index contributed by atoms with van der Waals surface area (Å²) in [5, 5.41) is 2.80. The van der Waals surface area contributed by atoms with Crippen LogP contribution in [-0.4, -0.2) is 29.3 Å². The number of carbonyl (C=O) groups is 2. The molecule has 1 saturated heterocycles. The lowest BCUT2D eigenvalue weighted by atomic mass is 10.1. The standard InChI is InChI=1S/C12H12BrFN2O2/c1-7-12(18)16(10(17)5-15-7)6-8-3-2-4-9(14)11(8)13/h2-4,7,15H,5-6H2,1H3. The lowest BCUT2D eigenvalue weighted by Crippen LogP contribution is -2.56. The highest BCUT2D eigenvalue weighted by Gasteiger charge is 2.31. The van der Waals surface area contributed by atoms with Crippen molar-refractivity contribution in [2.24, 2.45) is 0 Å². The normalized spacial score (nSPS) is 20.4. The van der Waals surface area contributed by atoms with Crippen LogP contribution in [0.15, 0.2) is 22.7 Å². The van der Waals surface area contributed by atoms with Crippen molar-refractivity contribution in [2.45, 2.75) is 19.5 Å². The van der Waals surface area contributed by atoms with Gasteiger partial charge in [-0.2, -0.15) is 0 Å². The predicted molar refractivity (Wildman–Crippen MR) is 67.1 cm³/mol. The smallest absolute Gasteiger partial charge is 0.246 e. The summed E-state index contributed by atoms with van der Waals surface area (Å²) in [7, 11) is 0. The molecule has 1 atom stereocenters. The minimum atomic E-state index is -0.407. The van der Waals surface area contributed by atoms with Crippen LogP contribution in [0.3, 0.4) is 0 Å². The van der Waals surface area contributed by atoms with Gasteiger partial charge in [-0.1, -0.05) is 12.1 Å². The highest BCUT2D eigenvalue weighted by molar-refractivity contribution is 9.10. The van der Waals surface area contributed by atoms with Crippen LogP contribution in [0.1, 0.15) is 12.5 Å². The summed E-state index contributed by atoms with van der Waals surface area (Å²) in [6, 6.07) is 4.16. The maximum Gasteiger partial charge on any atom is 0.246 e. The summed E-state index contributed by atoms with van der Waals surface area (Å²) in [5.41, 5.74) is 0.575. The first kappa shape index (κ1) is 13.2. The number of piperazine rings is 1. The summed E-state index contributed by atoms with van der Waals surface area (Å²) >= 11 is 3.12.